The molecule has 0 saturated heterocycles. The Kier molecular flexibility index (Phi) is 20.2. The smallest absolute Gasteiger partial charge is 0.276 e. The van der Waals surface area contributed by atoms with Gasteiger partial charge in [-0.1, -0.05) is 77.2 Å². The monoisotopic (exact) mass is 1220 g/mol. The number of carbonyl (C=O) groups excluding carboxylic acids is 3. The average Bonchev–Trinajstić information content (AvgIpc) is 2.45. The van der Waals surface area contributed by atoms with Crippen LogP contribution >= 0.6 is 21.6 Å². The Morgan fingerprint density at radius 2 is 1.40 bits per heavy atom. The van der Waals surface area contributed by atoms with E-state index < -0.39 is 26.0 Å². The molecule has 3 amide bonds. The number of anilines is 4. The summed E-state index contributed by atoms with van der Waals surface area (Å²) in [5.74, 6) is 0.944. The van der Waals surface area contributed by atoms with E-state index in [2.05, 4.69) is 47.6 Å². The number of benzene rings is 5. The van der Waals surface area contributed by atoms with Gasteiger partial charge in [0.25, 0.3) is 21.9 Å². The minimum absolute atomic E-state index is 0.0550. The average molecular weight is 1220 g/mol. The van der Waals surface area contributed by atoms with Gasteiger partial charge in [-0.05, 0) is 104 Å². The van der Waals surface area contributed by atoms with Gasteiger partial charge in [0.2, 0.25) is 5.91 Å². The minimum Gasteiger partial charge on any atom is -0.493 e. The predicted octanol–water partition coefficient (Wildman–Crippen LogP) is 9.89. The van der Waals surface area contributed by atoms with Crippen LogP contribution in [-0.2, 0) is 55.2 Å². The molecule has 0 radical (unpaired) electrons. The van der Waals surface area contributed by atoms with Gasteiger partial charge >= 0.3 is 0 Å². The van der Waals surface area contributed by atoms with E-state index in [1.54, 1.807) is 55.2 Å². The molecule has 5 aliphatic rings. The van der Waals surface area contributed by atoms with Crippen molar-refractivity contribution in [3.05, 3.63) is 124 Å². The maximum absolute atomic E-state index is 14.3. The van der Waals surface area contributed by atoms with Crippen LogP contribution in [0.4, 0.5) is 28.4 Å². The lowest BCUT2D eigenvalue weighted by Crippen LogP contribution is -2.45. The van der Waals surface area contributed by atoms with Crippen LogP contribution in [0.1, 0.15) is 95.3 Å². The van der Waals surface area contributed by atoms with E-state index in [1.165, 1.54) is 10.8 Å². The van der Waals surface area contributed by atoms with Crippen LogP contribution in [0.25, 0.3) is 0 Å². The molecule has 85 heavy (non-hydrogen) atoms. The van der Waals surface area contributed by atoms with Crippen LogP contribution in [0.5, 0.6) is 23.0 Å². The van der Waals surface area contributed by atoms with E-state index in [4.69, 9.17) is 38.2 Å². The van der Waals surface area contributed by atoms with Crippen molar-refractivity contribution < 1.29 is 60.5 Å². The maximum atomic E-state index is 14.3. The third kappa shape index (κ3) is 14.8. The SMILES string of the molecule is COCCOCCOCCN(CC(C)(C)SSCCC(C(=O)NC1CCCCC1)S(=O)(=O)O)c1cc(COc2cc3c(cc2OC)C(=O)N2c4ccccc4C[C@H]2C=N3)cc(COc2cc3c(cc2OC)C(=O)N2c4ccccc4C[C@H]2CN3)c1. The number of fused-ring (bicyclic) bond motifs is 8. The van der Waals surface area contributed by atoms with E-state index in [1.807, 2.05) is 65.7 Å². The largest absolute Gasteiger partial charge is 0.493 e. The van der Waals surface area contributed by atoms with Crippen LogP contribution in [0.3, 0.4) is 0 Å². The van der Waals surface area contributed by atoms with Crippen LogP contribution in [-0.4, -0.2) is 145 Å². The van der Waals surface area contributed by atoms with Gasteiger partial charge in [-0.3, -0.25) is 28.8 Å². The fourth-order valence-electron chi connectivity index (χ4n) is 11.8. The summed E-state index contributed by atoms with van der Waals surface area (Å²) < 4.78 is 77.0. The number of ether oxygens (including phenoxy) is 7. The molecular formula is C63H76N6O13S3. The first-order valence-corrected chi connectivity index (χ1v) is 32.8. The molecule has 4 heterocycles. The van der Waals surface area contributed by atoms with E-state index >= 15 is 0 Å². The Morgan fingerprint density at radius 3 is 2.08 bits per heavy atom. The van der Waals surface area contributed by atoms with E-state index in [0.717, 1.165) is 77.8 Å². The highest BCUT2D eigenvalue weighted by Gasteiger charge is 2.39. The first-order chi connectivity index (χ1) is 41.1. The number of para-hydroxylation sites is 2. The Hall–Kier alpha value is -6.53. The van der Waals surface area contributed by atoms with Crippen molar-refractivity contribution in [2.75, 3.05) is 99.8 Å². The number of hydrogen-bond donors (Lipinski definition) is 3. The molecule has 3 N–H and O–H groups in total. The molecule has 0 aromatic heterocycles. The minimum atomic E-state index is -4.65. The maximum Gasteiger partial charge on any atom is 0.276 e. The topological polar surface area (TPSA) is 216 Å². The third-order valence-electron chi connectivity index (χ3n) is 15.9. The Labute approximate surface area is 506 Å². The fourth-order valence-corrected chi connectivity index (χ4v) is 15.3. The first kappa shape index (κ1) is 61.6. The van der Waals surface area contributed by atoms with Crippen molar-refractivity contribution in [1.82, 2.24) is 5.32 Å². The quantitative estimate of drug-likeness (QED) is 0.0241. The molecule has 0 bridgehead atoms. The predicted molar refractivity (Wildman–Crippen MR) is 334 cm³/mol. The number of amides is 3. The van der Waals surface area contributed by atoms with Gasteiger partial charge in [-0.15, -0.1) is 0 Å². The summed E-state index contributed by atoms with van der Waals surface area (Å²) in [4.78, 5) is 52.6. The Bertz CT molecular complexity index is 3360. The summed E-state index contributed by atoms with van der Waals surface area (Å²) in [6.07, 6.45) is 7.75. The van der Waals surface area contributed by atoms with Gasteiger partial charge in [-0.25, -0.2) is 0 Å². The molecule has 5 aromatic rings. The van der Waals surface area contributed by atoms with Crippen molar-refractivity contribution >= 4 is 84.1 Å². The summed E-state index contributed by atoms with van der Waals surface area (Å²) in [5, 5.41) is 4.85. The first-order valence-electron chi connectivity index (χ1n) is 29.0. The number of methoxy groups -OCH3 is 3. The summed E-state index contributed by atoms with van der Waals surface area (Å²) in [6, 6.07) is 28.7. The summed E-state index contributed by atoms with van der Waals surface area (Å²) in [5.41, 5.74) is 8.39. The molecule has 4 aliphatic heterocycles. The lowest BCUT2D eigenvalue weighted by atomic mass is 9.95. The highest BCUT2D eigenvalue weighted by atomic mass is 33.1. The van der Waals surface area contributed by atoms with Crippen molar-refractivity contribution in [3.63, 3.8) is 0 Å². The Morgan fingerprint density at radius 1 is 0.776 bits per heavy atom. The molecule has 1 aliphatic carbocycles. The molecular weight excluding hydrogens is 1140 g/mol. The van der Waals surface area contributed by atoms with Gasteiger partial charge in [0.05, 0.1) is 81.8 Å². The van der Waals surface area contributed by atoms with Crippen molar-refractivity contribution in [3.8, 4) is 23.0 Å². The number of carbonyl (C=O) groups is 3. The number of aliphatic imine (C=N–C) groups is 1. The molecule has 5 aromatic carbocycles. The highest BCUT2D eigenvalue weighted by molar-refractivity contribution is 8.77. The lowest BCUT2D eigenvalue weighted by Gasteiger charge is -2.34. The van der Waals surface area contributed by atoms with Crippen LogP contribution in [0.2, 0.25) is 0 Å². The van der Waals surface area contributed by atoms with Gasteiger partial charge < -0.3 is 53.6 Å². The molecule has 22 heteroatoms. The van der Waals surface area contributed by atoms with Crippen LogP contribution in [0.15, 0.2) is 96.0 Å². The highest BCUT2D eigenvalue weighted by Crippen LogP contribution is 2.44. The van der Waals surface area contributed by atoms with Crippen molar-refractivity contribution in [1.29, 1.82) is 0 Å². The Balaban J connectivity index is 0.921. The van der Waals surface area contributed by atoms with Gasteiger partial charge in [0.15, 0.2) is 28.2 Å². The summed E-state index contributed by atoms with van der Waals surface area (Å²) in [6.45, 7) is 7.87. The van der Waals surface area contributed by atoms with E-state index in [0.29, 0.717) is 105 Å². The molecule has 1 saturated carbocycles. The standard InChI is InChI=1S/C63H76N6O13S3/c1-63(2,84-83-26-19-59(85(73,74)75)60(70)66-45-15-7-6-8-16-45)40-67(20-21-79-24-25-80-23-22-76-3)46-28-41(38-81-57-34-51-49(32-55(57)77-4)61(71)68-47(36-64-51)30-43-13-9-11-17-53(43)68)27-42(29-46)39-82-58-35-52-50(33-56(58)78-5)62(72)69-48(37-65-52)31-44-14-10-12-18-54(44)69/h9-14,17-18,27-29,32-36,45,47-48,59,65H,6-8,15-16,19-26,30-31,37-40H2,1-5H3,(H,66,70)(H,73,74,75)/t47-,48-,59?/m0/s1. The van der Waals surface area contributed by atoms with Gasteiger partial charge in [0, 0.05) is 85.1 Å². The number of hydrogen-bond acceptors (Lipinski definition) is 17. The molecule has 1 fully saturated rings. The zero-order valence-corrected chi connectivity index (χ0v) is 51.3. The van der Waals surface area contributed by atoms with Crippen molar-refractivity contribution in [2.24, 2.45) is 4.99 Å². The summed E-state index contributed by atoms with van der Waals surface area (Å²) >= 11 is 0. The van der Waals surface area contributed by atoms with Crippen LogP contribution < -0.4 is 44.3 Å². The lowest BCUT2D eigenvalue weighted by molar-refractivity contribution is -0.121. The van der Waals surface area contributed by atoms with Crippen LogP contribution in [0, 0.1) is 0 Å². The zero-order chi connectivity index (χ0) is 59.7. The normalized spacial score (nSPS) is 17.5. The second kappa shape index (κ2) is 27.9. The number of nitrogens with zero attached hydrogens (tertiary/aromatic N) is 4. The number of nitrogens with one attached hydrogen (secondary N) is 2. The second-order valence-corrected chi connectivity index (χ2v) is 27.2. The van der Waals surface area contributed by atoms with E-state index in [-0.39, 0.29) is 55.3 Å². The molecule has 19 nitrogen and oxygen atoms in total. The number of rotatable bonds is 28. The van der Waals surface area contributed by atoms with Gasteiger partial charge in [0.1, 0.15) is 13.2 Å². The fraction of sp³-hybridized carbons (Fsp3) is 0.460. The molecule has 10 rings (SSSR count). The molecule has 1 unspecified atom stereocenters. The second-order valence-electron chi connectivity index (χ2n) is 22.5. The van der Waals surface area contributed by atoms with Gasteiger partial charge in [-0.2, -0.15) is 8.42 Å². The molecule has 3 atom stereocenters. The van der Waals surface area contributed by atoms with Crippen molar-refractivity contribution in [2.45, 2.75) is 107 Å². The third-order valence-corrected chi connectivity index (χ3v) is 20.4. The van der Waals surface area contributed by atoms with E-state index in [9.17, 15) is 27.4 Å². The summed E-state index contributed by atoms with van der Waals surface area (Å²) in [7, 11) is 3.08. The molecule has 0 spiro atoms. The zero-order valence-electron chi connectivity index (χ0n) is 48.8. The molecule has 454 valence electrons.